The fraction of sp³-hybridized carbons (Fsp3) is 0.333. The molecule has 1 aromatic carbocycles. The van der Waals surface area contributed by atoms with Gasteiger partial charge in [0.15, 0.2) is 0 Å². The quantitative estimate of drug-likeness (QED) is 0.654. The molecule has 0 unspecified atom stereocenters. The highest BCUT2D eigenvalue weighted by atomic mass is 16.5. The summed E-state index contributed by atoms with van der Waals surface area (Å²) in [6.45, 7) is 6.02. The van der Waals surface area contributed by atoms with Crippen molar-refractivity contribution in [2.24, 2.45) is 0 Å². The van der Waals surface area contributed by atoms with E-state index in [1.807, 2.05) is 20.8 Å². The molecule has 4 heteroatoms. The molecular weight excluding hydrogens is 242 g/mol. The first-order valence-electron chi connectivity index (χ1n) is 6.26. The molecular formula is C15H19NO3. The monoisotopic (exact) mass is 261 g/mol. The van der Waals surface area contributed by atoms with Crippen molar-refractivity contribution in [1.29, 1.82) is 0 Å². The predicted molar refractivity (Wildman–Crippen MR) is 75.1 cm³/mol. The SMILES string of the molecule is CCCOC(=O)c1cccc(NC(=O)C=C(C)C)c1. The van der Waals surface area contributed by atoms with Crippen molar-refractivity contribution in [2.45, 2.75) is 27.2 Å². The number of carbonyl (C=O) groups excluding carboxylic acids is 2. The minimum atomic E-state index is -0.375. The molecule has 1 amide bonds. The third-order valence-electron chi connectivity index (χ3n) is 2.22. The summed E-state index contributed by atoms with van der Waals surface area (Å²) in [4.78, 5) is 23.2. The molecule has 4 nitrogen and oxygen atoms in total. The zero-order valence-electron chi connectivity index (χ0n) is 11.5. The number of allylic oxidation sites excluding steroid dienone is 1. The van der Waals surface area contributed by atoms with E-state index >= 15 is 0 Å². The maximum absolute atomic E-state index is 11.7. The second kappa shape index (κ2) is 7.36. The van der Waals surface area contributed by atoms with Crippen LogP contribution in [-0.4, -0.2) is 18.5 Å². The van der Waals surface area contributed by atoms with Crippen LogP contribution in [-0.2, 0) is 9.53 Å². The number of ether oxygens (including phenoxy) is 1. The molecule has 1 N–H and O–H groups in total. The van der Waals surface area contributed by atoms with E-state index in [9.17, 15) is 9.59 Å². The summed E-state index contributed by atoms with van der Waals surface area (Å²) in [6, 6.07) is 6.71. The molecule has 0 saturated heterocycles. The highest BCUT2D eigenvalue weighted by molar-refractivity contribution is 6.00. The first-order chi connectivity index (χ1) is 9.02. The lowest BCUT2D eigenvalue weighted by Gasteiger charge is -2.06. The van der Waals surface area contributed by atoms with Crippen molar-refractivity contribution in [3.05, 3.63) is 41.5 Å². The van der Waals surface area contributed by atoms with E-state index in [1.54, 1.807) is 24.3 Å². The number of rotatable bonds is 5. The molecule has 0 fully saturated rings. The maximum Gasteiger partial charge on any atom is 0.338 e. The molecule has 0 aliphatic heterocycles. The third-order valence-corrected chi connectivity index (χ3v) is 2.22. The van der Waals surface area contributed by atoms with E-state index in [-0.39, 0.29) is 11.9 Å². The van der Waals surface area contributed by atoms with Crippen molar-refractivity contribution < 1.29 is 14.3 Å². The van der Waals surface area contributed by atoms with Gasteiger partial charge in [0.05, 0.1) is 12.2 Å². The minimum absolute atomic E-state index is 0.209. The summed E-state index contributed by atoms with van der Waals surface area (Å²) in [5.74, 6) is -0.584. The van der Waals surface area contributed by atoms with Crippen LogP contribution in [0.4, 0.5) is 5.69 Å². The standard InChI is InChI=1S/C15H19NO3/c1-4-8-19-15(18)12-6-5-7-13(10-12)16-14(17)9-11(2)3/h5-7,9-10H,4,8H2,1-3H3,(H,16,17). The number of carbonyl (C=O) groups is 2. The summed E-state index contributed by atoms with van der Waals surface area (Å²) >= 11 is 0. The Kier molecular flexibility index (Phi) is 5.79. The Bertz CT molecular complexity index is 488. The molecule has 1 rings (SSSR count). The highest BCUT2D eigenvalue weighted by Crippen LogP contribution is 2.12. The van der Waals surface area contributed by atoms with Crippen LogP contribution < -0.4 is 5.32 Å². The first kappa shape index (κ1) is 15.0. The third kappa shape index (κ3) is 5.38. The number of anilines is 1. The minimum Gasteiger partial charge on any atom is -0.462 e. The first-order valence-corrected chi connectivity index (χ1v) is 6.26. The van der Waals surface area contributed by atoms with Crippen LogP contribution in [0, 0.1) is 0 Å². The Morgan fingerprint density at radius 2 is 2.05 bits per heavy atom. The van der Waals surface area contributed by atoms with E-state index in [0.29, 0.717) is 17.9 Å². The number of esters is 1. The smallest absolute Gasteiger partial charge is 0.338 e. The molecule has 0 spiro atoms. The molecule has 19 heavy (non-hydrogen) atoms. The molecule has 1 aromatic rings. The average molecular weight is 261 g/mol. The zero-order chi connectivity index (χ0) is 14.3. The average Bonchev–Trinajstić information content (AvgIpc) is 2.35. The van der Waals surface area contributed by atoms with Crippen molar-refractivity contribution in [1.82, 2.24) is 0 Å². The Morgan fingerprint density at radius 1 is 1.32 bits per heavy atom. The largest absolute Gasteiger partial charge is 0.462 e. The van der Waals surface area contributed by atoms with Gasteiger partial charge < -0.3 is 10.1 Å². The van der Waals surface area contributed by atoms with Crippen LogP contribution in [0.3, 0.4) is 0 Å². The van der Waals surface area contributed by atoms with Gasteiger partial charge in [-0.25, -0.2) is 4.79 Å². The lowest BCUT2D eigenvalue weighted by atomic mass is 10.2. The summed E-state index contributed by atoms with van der Waals surface area (Å²) < 4.78 is 5.04. The second-order valence-corrected chi connectivity index (χ2v) is 4.43. The molecule has 0 atom stereocenters. The summed E-state index contributed by atoms with van der Waals surface area (Å²) in [6.07, 6.45) is 2.28. The van der Waals surface area contributed by atoms with Gasteiger partial charge in [0.2, 0.25) is 5.91 Å². The van der Waals surface area contributed by atoms with Crippen LogP contribution in [0.25, 0.3) is 0 Å². The fourth-order valence-corrected chi connectivity index (χ4v) is 1.44. The lowest BCUT2D eigenvalue weighted by molar-refractivity contribution is -0.111. The van der Waals surface area contributed by atoms with Gasteiger partial charge in [-0.05, 0) is 38.5 Å². The Balaban J connectivity index is 2.74. The van der Waals surface area contributed by atoms with Crippen molar-refractivity contribution in [2.75, 3.05) is 11.9 Å². The Labute approximate surface area is 113 Å². The van der Waals surface area contributed by atoms with Crippen molar-refractivity contribution >= 4 is 17.6 Å². The van der Waals surface area contributed by atoms with Gasteiger partial charge in [-0.1, -0.05) is 18.6 Å². The van der Waals surface area contributed by atoms with Gasteiger partial charge in [0.1, 0.15) is 0 Å². The van der Waals surface area contributed by atoms with Crippen LogP contribution in [0.1, 0.15) is 37.6 Å². The predicted octanol–water partition coefficient (Wildman–Crippen LogP) is 3.16. The normalized spacial score (nSPS) is 9.63. The molecule has 0 bridgehead atoms. The van der Waals surface area contributed by atoms with E-state index < -0.39 is 0 Å². The van der Waals surface area contributed by atoms with Gasteiger partial charge in [0.25, 0.3) is 0 Å². The van der Waals surface area contributed by atoms with Crippen LogP contribution in [0.5, 0.6) is 0 Å². The molecule has 0 heterocycles. The summed E-state index contributed by atoms with van der Waals surface area (Å²) in [7, 11) is 0. The molecule has 0 aliphatic rings. The maximum atomic E-state index is 11.7. The van der Waals surface area contributed by atoms with Gasteiger partial charge in [-0.15, -0.1) is 0 Å². The van der Waals surface area contributed by atoms with E-state index in [4.69, 9.17) is 4.74 Å². The van der Waals surface area contributed by atoms with Crippen LogP contribution >= 0.6 is 0 Å². The van der Waals surface area contributed by atoms with E-state index in [0.717, 1.165) is 12.0 Å². The van der Waals surface area contributed by atoms with Crippen molar-refractivity contribution in [3.63, 3.8) is 0 Å². The lowest BCUT2D eigenvalue weighted by Crippen LogP contribution is -2.10. The number of amides is 1. The fourth-order valence-electron chi connectivity index (χ4n) is 1.44. The van der Waals surface area contributed by atoms with Gasteiger partial charge >= 0.3 is 5.97 Å². The van der Waals surface area contributed by atoms with E-state index in [1.165, 1.54) is 6.08 Å². The Hall–Kier alpha value is -2.10. The summed E-state index contributed by atoms with van der Waals surface area (Å²) in [5, 5.41) is 2.70. The number of hydrogen-bond acceptors (Lipinski definition) is 3. The highest BCUT2D eigenvalue weighted by Gasteiger charge is 2.08. The number of benzene rings is 1. The van der Waals surface area contributed by atoms with E-state index in [2.05, 4.69) is 5.32 Å². The molecule has 0 radical (unpaired) electrons. The van der Waals surface area contributed by atoms with Gasteiger partial charge in [-0.2, -0.15) is 0 Å². The van der Waals surface area contributed by atoms with Gasteiger partial charge in [0, 0.05) is 11.8 Å². The van der Waals surface area contributed by atoms with Crippen LogP contribution in [0.2, 0.25) is 0 Å². The topological polar surface area (TPSA) is 55.4 Å². The number of nitrogens with one attached hydrogen (secondary N) is 1. The number of hydrogen-bond donors (Lipinski definition) is 1. The molecule has 0 aromatic heterocycles. The summed E-state index contributed by atoms with van der Waals surface area (Å²) in [5.41, 5.74) is 1.92. The zero-order valence-corrected chi connectivity index (χ0v) is 11.5. The van der Waals surface area contributed by atoms with Crippen LogP contribution in [0.15, 0.2) is 35.9 Å². The second-order valence-electron chi connectivity index (χ2n) is 4.43. The van der Waals surface area contributed by atoms with Gasteiger partial charge in [-0.3, -0.25) is 4.79 Å². The van der Waals surface area contributed by atoms with Crippen molar-refractivity contribution in [3.8, 4) is 0 Å². The molecule has 0 saturated carbocycles. The molecule has 0 aliphatic carbocycles. The Morgan fingerprint density at radius 3 is 2.68 bits per heavy atom. The molecule has 102 valence electrons.